The van der Waals surface area contributed by atoms with Gasteiger partial charge in [0, 0.05) is 17.1 Å². The van der Waals surface area contributed by atoms with Gasteiger partial charge in [0.05, 0.1) is 23.0 Å². The first kappa shape index (κ1) is 20.6. The van der Waals surface area contributed by atoms with Crippen LogP contribution in [-0.2, 0) is 15.6 Å². The number of hydrogen-bond acceptors (Lipinski definition) is 5. The monoisotopic (exact) mass is 457 g/mol. The van der Waals surface area contributed by atoms with Crippen molar-refractivity contribution in [2.24, 2.45) is 0 Å². The van der Waals surface area contributed by atoms with Crippen molar-refractivity contribution in [3.63, 3.8) is 0 Å². The average molecular weight is 458 g/mol. The molecule has 1 aliphatic heterocycles. The van der Waals surface area contributed by atoms with Gasteiger partial charge >= 0.3 is 0 Å². The van der Waals surface area contributed by atoms with Crippen LogP contribution in [0.5, 0.6) is 0 Å². The maximum Gasteiger partial charge on any atom is 0.236 e. The molecule has 1 N–H and O–H groups in total. The third kappa shape index (κ3) is 2.78. The topological polar surface area (TPSA) is 81.8 Å². The van der Waals surface area contributed by atoms with Crippen molar-refractivity contribution in [2.45, 2.75) is 33.2 Å². The van der Waals surface area contributed by atoms with Crippen molar-refractivity contribution in [3.05, 3.63) is 59.3 Å². The van der Waals surface area contributed by atoms with E-state index in [2.05, 4.69) is 15.5 Å². The highest BCUT2D eigenvalue weighted by molar-refractivity contribution is 7.89. The smallest absolute Gasteiger partial charge is 0.236 e. The van der Waals surface area contributed by atoms with E-state index in [0.717, 1.165) is 21.9 Å². The molecule has 1 aliphatic rings. The summed E-state index contributed by atoms with van der Waals surface area (Å²) in [6, 6.07) is 5.55. The third-order valence-electron chi connectivity index (χ3n) is 5.87. The minimum Gasteiger partial charge on any atom is -0.371 e. The number of aryl methyl sites for hydroxylation is 2. The van der Waals surface area contributed by atoms with Crippen LogP contribution in [0.1, 0.15) is 31.1 Å². The van der Waals surface area contributed by atoms with Crippen molar-refractivity contribution in [3.8, 4) is 16.8 Å². The van der Waals surface area contributed by atoms with Gasteiger partial charge in [-0.25, -0.2) is 21.2 Å². The number of anilines is 1. The predicted molar refractivity (Wildman–Crippen MR) is 119 cm³/mol. The Morgan fingerprint density at radius 2 is 1.78 bits per heavy atom. The second kappa shape index (κ2) is 6.38. The van der Waals surface area contributed by atoms with Crippen LogP contribution in [0.3, 0.4) is 0 Å². The van der Waals surface area contributed by atoms with E-state index in [1.165, 1.54) is 12.3 Å². The molecule has 0 saturated carbocycles. The van der Waals surface area contributed by atoms with E-state index in [0.29, 0.717) is 22.7 Å². The lowest BCUT2D eigenvalue weighted by Gasteiger charge is -2.35. The molecule has 0 amide bonds. The summed E-state index contributed by atoms with van der Waals surface area (Å²) in [4.78, 5) is 0. The number of nitrogens with zero attached hydrogens (tertiary/aromatic N) is 4. The van der Waals surface area contributed by atoms with E-state index in [4.69, 9.17) is 0 Å². The average Bonchev–Trinajstić information content (AvgIpc) is 3.28. The molecule has 0 unspecified atom stereocenters. The van der Waals surface area contributed by atoms with Gasteiger partial charge in [-0.2, -0.15) is 0 Å². The van der Waals surface area contributed by atoms with Crippen LogP contribution in [0, 0.1) is 25.5 Å². The highest BCUT2D eigenvalue weighted by atomic mass is 32.2. The summed E-state index contributed by atoms with van der Waals surface area (Å²) in [7, 11) is -3.66. The van der Waals surface area contributed by atoms with Crippen LogP contribution in [0.25, 0.3) is 27.7 Å². The number of aromatic nitrogens is 4. The molecule has 0 radical (unpaired) electrons. The van der Waals surface area contributed by atoms with Gasteiger partial charge in [-0.1, -0.05) is 0 Å². The van der Waals surface area contributed by atoms with E-state index in [-0.39, 0.29) is 22.3 Å². The lowest BCUT2D eigenvalue weighted by molar-refractivity contribution is 0.522. The highest BCUT2D eigenvalue weighted by Gasteiger charge is 2.37. The first-order valence-corrected chi connectivity index (χ1v) is 11.8. The van der Waals surface area contributed by atoms with E-state index < -0.39 is 27.2 Å². The fourth-order valence-electron chi connectivity index (χ4n) is 4.44. The fraction of sp³-hybridized carbons (Fsp3) is 0.273. The molecule has 0 spiro atoms. The lowest BCUT2D eigenvalue weighted by atomic mass is 9.93. The summed E-state index contributed by atoms with van der Waals surface area (Å²) < 4.78 is 57.7. The zero-order chi connectivity index (χ0) is 23.2. The van der Waals surface area contributed by atoms with Crippen molar-refractivity contribution < 1.29 is 17.2 Å². The van der Waals surface area contributed by atoms with E-state index >= 15 is 4.39 Å². The molecule has 0 aliphatic carbocycles. The minimum absolute atomic E-state index is 0.151. The highest BCUT2D eigenvalue weighted by Crippen LogP contribution is 2.44. The van der Waals surface area contributed by atoms with Crippen LogP contribution in [0.15, 0.2) is 30.5 Å². The lowest BCUT2D eigenvalue weighted by Crippen LogP contribution is -2.36. The molecule has 4 aromatic rings. The summed E-state index contributed by atoms with van der Waals surface area (Å²) in [5.74, 6) is -0.146. The van der Waals surface area contributed by atoms with E-state index in [9.17, 15) is 12.8 Å². The standard InChI is InChI=1S/C22H21F2N5O2S/c1-11-8-16(15-9-13(23)10-17-14(15)6-7-28(17)32(5,30)31)18(24)20-19(11)25-22(3,4)21-27-26-12(2)29(20)21/h6-10,25H,1-5H3. The number of benzene rings is 2. The Morgan fingerprint density at radius 3 is 2.47 bits per heavy atom. The number of rotatable bonds is 2. The Balaban J connectivity index is 1.86. The van der Waals surface area contributed by atoms with E-state index in [1.807, 2.05) is 20.8 Å². The summed E-state index contributed by atoms with van der Waals surface area (Å²) in [5, 5.41) is 12.1. The molecule has 0 bridgehead atoms. The van der Waals surface area contributed by atoms with Crippen molar-refractivity contribution in [1.29, 1.82) is 0 Å². The molecule has 2 aromatic carbocycles. The molecule has 2 aromatic heterocycles. The first-order chi connectivity index (χ1) is 14.9. The predicted octanol–water partition coefficient (Wildman–Crippen LogP) is 4.25. The van der Waals surface area contributed by atoms with Gasteiger partial charge in [-0.3, -0.25) is 4.57 Å². The molecule has 5 rings (SSSR count). The minimum atomic E-state index is -3.66. The quantitative estimate of drug-likeness (QED) is 0.487. The second-order valence-electron chi connectivity index (χ2n) is 8.70. The number of nitrogens with one attached hydrogen (secondary N) is 1. The van der Waals surface area contributed by atoms with Gasteiger partial charge in [0.15, 0.2) is 11.6 Å². The largest absolute Gasteiger partial charge is 0.371 e. The van der Waals surface area contributed by atoms with Gasteiger partial charge in [-0.15, -0.1) is 10.2 Å². The first-order valence-electron chi connectivity index (χ1n) is 9.96. The van der Waals surface area contributed by atoms with Gasteiger partial charge in [-0.05, 0) is 63.1 Å². The van der Waals surface area contributed by atoms with Crippen LogP contribution >= 0.6 is 0 Å². The van der Waals surface area contributed by atoms with Gasteiger partial charge in [0.25, 0.3) is 0 Å². The van der Waals surface area contributed by atoms with Crippen LogP contribution < -0.4 is 5.32 Å². The van der Waals surface area contributed by atoms with Crippen molar-refractivity contribution in [2.75, 3.05) is 11.6 Å². The molecule has 7 nitrogen and oxygen atoms in total. The molecule has 0 saturated heterocycles. The maximum absolute atomic E-state index is 16.1. The zero-order valence-electron chi connectivity index (χ0n) is 18.2. The second-order valence-corrected chi connectivity index (χ2v) is 10.6. The Morgan fingerprint density at radius 1 is 1.06 bits per heavy atom. The normalized spacial score (nSPS) is 14.8. The third-order valence-corrected chi connectivity index (χ3v) is 6.90. The van der Waals surface area contributed by atoms with Crippen molar-refractivity contribution >= 4 is 26.6 Å². The number of hydrogen-bond donors (Lipinski definition) is 1. The Labute approximate surface area is 183 Å². The zero-order valence-corrected chi connectivity index (χ0v) is 19.0. The van der Waals surface area contributed by atoms with Crippen molar-refractivity contribution in [1.82, 2.24) is 18.7 Å². The summed E-state index contributed by atoms with van der Waals surface area (Å²) in [6.45, 7) is 7.46. The molecule has 166 valence electrons. The summed E-state index contributed by atoms with van der Waals surface area (Å²) in [6.07, 6.45) is 2.38. The number of halogens is 2. The molecular formula is C22H21F2N5O2S. The Bertz CT molecular complexity index is 1550. The summed E-state index contributed by atoms with van der Waals surface area (Å²) in [5.41, 5.74) is 1.62. The fourth-order valence-corrected chi connectivity index (χ4v) is 5.23. The molecule has 0 fully saturated rings. The maximum atomic E-state index is 16.1. The van der Waals surface area contributed by atoms with Crippen LogP contribution in [-0.4, -0.2) is 33.4 Å². The van der Waals surface area contributed by atoms with Crippen LogP contribution in [0.4, 0.5) is 14.5 Å². The molecular weight excluding hydrogens is 436 g/mol. The van der Waals surface area contributed by atoms with Gasteiger partial charge < -0.3 is 5.32 Å². The van der Waals surface area contributed by atoms with Gasteiger partial charge in [0.2, 0.25) is 10.0 Å². The Kier molecular flexibility index (Phi) is 4.11. The number of fused-ring (bicyclic) bond motifs is 4. The molecule has 32 heavy (non-hydrogen) atoms. The molecule has 0 atom stereocenters. The van der Waals surface area contributed by atoms with E-state index in [1.54, 1.807) is 23.6 Å². The molecule has 3 heterocycles. The van der Waals surface area contributed by atoms with Crippen LogP contribution in [0.2, 0.25) is 0 Å². The SMILES string of the molecule is Cc1cc(-c2cc(F)cc3c2ccn3S(C)(=O)=O)c(F)c2c1NC(C)(C)c1nnc(C)n1-2. The Hall–Kier alpha value is -3.27. The summed E-state index contributed by atoms with van der Waals surface area (Å²) >= 11 is 0. The van der Waals surface area contributed by atoms with Gasteiger partial charge in [0.1, 0.15) is 17.3 Å². The molecule has 10 heteroatoms.